The molecule has 20 heavy (non-hydrogen) atoms. The normalized spacial score (nSPS) is 13.2. The van der Waals surface area contributed by atoms with Gasteiger partial charge in [-0.25, -0.2) is 0 Å². The first-order valence-electron chi connectivity index (χ1n) is 6.83. The molecule has 3 heteroatoms. The van der Waals surface area contributed by atoms with Crippen molar-refractivity contribution in [2.24, 2.45) is 0 Å². The number of rotatable bonds is 2. The average molecular weight is 266 g/mol. The quantitative estimate of drug-likeness (QED) is 0.905. The Morgan fingerprint density at radius 3 is 2.30 bits per heavy atom. The number of nitrogens with one attached hydrogen (secondary N) is 1. The molecule has 0 atom stereocenters. The third kappa shape index (κ3) is 2.16. The van der Waals surface area contributed by atoms with Crippen molar-refractivity contribution in [3.05, 3.63) is 64.7 Å². The number of aryl methyl sites for hydroxylation is 1. The standard InChI is InChI=1S/C17H18N2O/c1-12-9-13(7-8-16(12)18-2)17(20)19-10-14-5-3-4-6-15(14)11-19/h3-9,18H,10-11H2,1-2H3. The molecule has 1 amide bonds. The molecule has 0 fully saturated rings. The van der Waals surface area contributed by atoms with E-state index in [9.17, 15) is 4.79 Å². The predicted molar refractivity (Wildman–Crippen MR) is 80.7 cm³/mol. The van der Waals surface area contributed by atoms with E-state index in [0.717, 1.165) is 16.8 Å². The Kier molecular flexibility index (Phi) is 3.18. The molecule has 2 aromatic carbocycles. The van der Waals surface area contributed by atoms with E-state index in [4.69, 9.17) is 0 Å². The molecule has 0 unspecified atom stereocenters. The minimum Gasteiger partial charge on any atom is -0.388 e. The highest BCUT2D eigenvalue weighted by Gasteiger charge is 2.23. The fourth-order valence-electron chi connectivity index (χ4n) is 2.74. The molecule has 0 bridgehead atoms. The lowest BCUT2D eigenvalue weighted by atomic mass is 10.1. The van der Waals surface area contributed by atoms with Crippen molar-refractivity contribution >= 4 is 11.6 Å². The average Bonchev–Trinajstić information content (AvgIpc) is 2.90. The number of benzene rings is 2. The van der Waals surface area contributed by atoms with E-state index in [2.05, 4.69) is 17.4 Å². The molecule has 1 heterocycles. The molecule has 0 aliphatic carbocycles. The second kappa shape index (κ2) is 5.00. The van der Waals surface area contributed by atoms with Gasteiger partial charge in [0.1, 0.15) is 0 Å². The van der Waals surface area contributed by atoms with Crippen molar-refractivity contribution in [2.45, 2.75) is 20.0 Å². The molecule has 1 aliphatic rings. The summed E-state index contributed by atoms with van der Waals surface area (Å²) in [6, 6.07) is 14.1. The molecule has 0 spiro atoms. The largest absolute Gasteiger partial charge is 0.388 e. The Bertz CT molecular complexity index is 639. The molecule has 2 aromatic rings. The molecule has 3 rings (SSSR count). The SMILES string of the molecule is CNc1ccc(C(=O)N2Cc3ccccc3C2)cc1C. The van der Waals surface area contributed by atoms with Crippen molar-refractivity contribution in [2.75, 3.05) is 12.4 Å². The summed E-state index contributed by atoms with van der Waals surface area (Å²) in [5.74, 6) is 0.104. The molecule has 0 aromatic heterocycles. The van der Waals surface area contributed by atoms with Crippen LogP contribution >= 0.6 is 0 Å². The first-order chi connectivity index (χ1) is 9.69. The van der Waals surface area contributed by atoms with Crippen LogP contribution in [0.25, 0.3) is 0 Å². The lowest BCUT2D eigenvalue weighted by Gasteiger charge is -2.16. The van der Waals surface area contributed by atoms with E-state index in [1.165, 1.54) is 11.1 Å². The van der Waals surface area contributed by atoms with Gasteiger partial charge in [0.25, 0.3) is 5.91 Å². The summed E-state index contributed by atoms with van der Waals surface area (Å²) in [4.78, 5) is 14.5. The van der Waals surface area contributed by atoms with Gasteiger partial charge in [0.15, 0.2) is 0 Å². The fourth-order valence-corrected chi connectivity index (χ4v) is 2.74. The molecule has 1 aliphatic heterocycles. The van der Waals surface area contributed by atoms with Gasteiger partial charge < -0.3 is 10.2 Å². The summed E-state index contributed by atoms with van der Waals surface area (Å²) in [6.45, 7) is 3.44. The van der Waals surface area contributed by atoms with Crippen LogP contribution in [0.4, 0.5) is 5.69 Å². The van der Waals surface area contributed by atoms with E-state index in [1.54, 1.807) is 0 Å². The summed E-state index contributed by atoms with van der Waals surface area (Å²) in [6.07, 6.45) is 0. The van der Waals surface area contributed by atoms with Gasteiger partial charge in [-0.05, 0) is 41.8 Å². The van der Waals surface area contributed by atoms with Crippen molar-refractivity contribution in [3.8, 4) is 0 Å². The Balaban J connectivity index is 1.83. The summed E-state index contributed by atoms with van der Waals surface area (Å²) in [5, 5.41) is 3.12. The lowest BCUT2D eigenvalue weighted by Crippen LogP contribution is -2.25. The molecule has 0 saturated carbocycles. The van der Waals surface area contributed by atoms with Crippen molar-refractivity contribution < 1.29 is 4.79 Å². The summed E-state index contributed by atoms with van der Waals surface area (Å²) >= 11 is 0. The van der Waals surface area contributed by atoms with Crippen molar-refractivity contribution in [1.82, 2.24) is 4.90 Å². The Labute approximate surface area is 119 Å². The lowest BCUT2D eigenvalue weighted by molar-refractivity contribution is 0.0751. The van der Waals surface area contributed by atoms with Crippen LogP contribution in [0.1, 0.15) is 27.0 Å². The van der Waals surface area contributed by atoms with Gasteiger partial charge >= 0.3 is 0 Å². The van der Waals surface area contributed by atoms with E-state index < -0.39 is 0 Å². The Morgan fingerprint density at radius 2 is 1.75 bits per heavy atom. The monoisotopic (exact) mass is 266 g/mol. The van der Waals surface area contributed by atoms with Gasteiger partial charge in [-0.1, -0.05) is 24.3 Å². The topological polar surface area (TPSA) is 32.3 Å². The van der Waals surface area contributed by atoms with Crippen LogP contribution in [0.5, 0.6) is 0 Å². The zero-order chi connectivity index (χ0) is 14.1. The molecule has 0 saturated heterocycles. The molecule has 0 radical (unpaired) electrons. The fraction of sp³-hybridized carbons (Fsp3) is 0.235. The number of nitrogens with zero attached hydrogens (tertiary/aromatic N) is 1. The highest BCUT2D eigenvalue weighted by Crippen LogP contribution is 2.25. The summed E-state index contributed by atoms with van der Waals surface area (Å²) < 4.78 is 0. The van der Waals surface area contributed by atoms with Gasteiger partial charge in [-0.15, -0.1) is 0 Å². The summed E-state index contributed by atoms with van der Waals surface area (Å²) in [5.41, 5.74) is 5.42. The number of amides is 1. The maximum atomic E-state index is 12.6. The van der Waals surface area contributed by atoms with E-state index in [0.29, 0.717) is 13.1 Å². The zero-order valence-electron chi connectivity index (χ0n) is 11.8. The summed E-state index contributed by atoms with van der Waals surface area (Å²) in [7, 11) is 1.89. The maximum absolute atomic E-state index is 12.6. The van der Waals surface area contributed by atoms with Crippen LogP contribution in [-0.4, -0.2) is 17.9 Å². The second-order valence-corrected chi connectivity index (χ2v) is 5.21. The van der Waals surface area contributed by atoms with Gasteiger partial charge in [0.05, 0.1) is 0 Å². The second-order valence-electron chi connectivity index (χ2n) is 5.21. The van der Waals surface area contributed by atoms with Crippen LogP contribution in [0.2, 0.25) is 0 Å². The molecule has 3 nitrogen and oxygen atoms in total. The molecule has 102 valence electrons. The third-order valence-corrected chi connectivity index (χ3v) is 3.87. The Morgan fingerprint density at radius 1 is 1.10 bits per heavy atom. The smallest absolute Gasteiger partial charge is 0.254 e. The van der Waals surface area contributed by atoms with Crippen LogP contribution in [0, 0.1) is 6.92 Å². The van der Waals surface area contributed by atoms with Crippen LogP contribution in [-0.2, 0) is 13.1 Å². The van der Waals surface area contributed by atoms with Gasteiger partial charge in [-0.2, -0.15) is 0 Å². The first-order valence-corrected chi connectivity index (χ1v) is 6.83. The number of anilines is 1. The number of carbonyl (C=O) groups is 1. The van der Waals surface area contributed by atoms with Gasteiger partial charge in [-0.3, -0.25) is 4.79 Å². The molecule has 1 N–H and O–H groups in total. The highest BCUT2D eigenvalue weighted by molar-refractivity contribution is 5.95. The van der Waals surface area contributed by atoms with E-state index in [1.807, 2.05) is 49.2 Å². The maximum Gasteiger partial charge on any atom is 0.254 e. The van der Waals surface area contributed by atoms with Gasteiger partial charge in [0, 0.05) is 31.4 Å². The highest BCUT2D eigenvalue weighted by atomic mass is 16.2. The number of hydrogen-bond acceptors (Lipinski definition) is 2. The van der Waals surface area contributed by atoms with Crippen LogP contribution in [0.15, 0.2) is 42.5 Å². The molecular weight excluding hydrogens is 248 g/mol. The number of fused-ring (bicyclic) bond motifs is 1. The van der Waals surface area contributed by atoms with E-state index >= 15 is 0 Å². The van der Waals surface area contributed by atoms with Gasteiger partial charge in [0.2, 0.25) is 0 Å². The zero-order valence-corrected chi connectivity index (χ0v) is 11.8. The predicted octanol–water partition coefficient (Wildman–Crippen LogP) is 3.19. The Hall–Kier alpha value is -2.29. The molecular formula is C17H18N2O. The minimum atomic E-state index is 0.104. The third-order valence-electron chi connectivity index (χ3n) is 3.87. The van der Waals surface area contributed by atoms with E-state index in [-0.39, 0.29) is 5.91 Å². The van der Waals surface area contributed by atoms with Crippen molar-refractivity contribution in [3.63, 3.8) is 0 Å². The number of carbonyl (C=O) groups excluding carboxylic acids is 1. The van der Waals surface area contributed by atoms with Crippen molar-refractivity contribution in [1.29, 1.82) is 0 Å². The van der Waals surface area contributed by atoms with Crippen LogP contribution in [0.3, 0.4) is 0 Å². The number of hydrogen-bond donors (Lipinski definition) is 1. The minimum absolute atomic E-state index is 0.104. The van der Waals surface area contributed by atoms with Crippen LogP contribution < -0.4 is 5.32 Å². The first kappa shape index (κ1) is 12.7.